The van der Waals surface area contributed by atoms with E-state index in [1.54, 1.807) is 11.8 Å². The van der Waals surface area contributed by atoms with Crippen LogP contribution in [0.4, 0.5) is 0 Å². The number of ketones is 1. The average molecular weight is 350 g/mol. The predicted octanol–water partition coefficient (Wildman–Crippen LogP) is 5.60. The molecule has 0 aliphatic carbocycles. The first-order valence-electron chi connectivity index (χ1n) is 8.63. The molecule has 0 spiro atoms. The smallest absolute Gasteiger partial charge is 0.166 e. The summed E-state index contributed by atoms with van der Waals surface area (Å²) in [6.45, 7) is 2.04. The fourth-order valence-electron chi connectivity index (χ4n) is 2.70. The first-order valence-corrected chi connectivity index (χ1v) is 9.62. The van der Waals surface area contributed by atoms with E-state index in [1.807, 2.05) is 43.3 Å². The molecule has 2 aromatic carbocycles. The Labute approximate surface area is 152 Å². The molecule has 128 valence electrons. The van der Waals surface area contributed by atoms with Gasteiger partial charge in [-0.15, -0.1) is 0 Å². The van der Waals surface area contributed by atoms with Gasteiger partial charge in [0.15, 0.2) is 5.16 Å². The number of nitrogens with zero attached hydrogens (tertiary/aromatic N) is 1. The van der Waals surface area contributed by atoms with E-state index >= 15 is 0 Å². The molecule has 3 nitrogen and oxygen atoms in total. The normalized spacial score (nSPS) is 10.8. The molecule has 4 heteroatoms. The Morgan fingerprint density at radius 1 is 0.960 bits per heavy atom. The van der Waals surface area contributed by atoms with Crippen LogP contribution in [0.5, 0.6) is 0 Å². The van der Waals surface area contributed by atoms with Crippen LogP contribution in [0.1, 0.15) is 26.2 Å². The van der Waals surface area contributed by atoms with Crippen LogP contribution in [0.3, 0.4) is 0 Å². The standard InChI is InChI=1S/C21H22N2OS/c1-2-9-18(24)14-15-25-21-22-19(16-10-5-3-6-11-16)20(23-21)17-12-7-4-8-13-17/h3-8,10-13H,2,9,14-15H2,1H3,(H,22,23). The van der Waals surface area contributed by atoms with Crippen molar-refractivity contribution in [2.75, 3.05) is 5.75 Å². The SMILES string of the molecule is CCCC(=O)CCSc1nc(-c2ccccc2)c(-c2ccccc2)[nH]1. The maximum atomic E-state index is 11.7. The number of nitrogens with one attached hydrogen (secondary N) is 1. The minimum absolute atomic E-state index is 0.327. The molecule has 0 radical (unpaired) electrons. The average Bonchev–Trinajstić information content (AvgIpc) is 3.08. The van der Waals surface area contributed by atoms with Crippen LogP contribution in [0.15, 0.2) is 65.8 Å². The molecule has 0 saturated heterocycles. The quantitative estimate of drug-likeness (QED) is 0.538. The van der Waals surface area contributed by atoms with Crippen LogP contribution in [-0.4, -0.2) is 21.5 Å². The van der Waals surface area contributed by atoms with Crippen molar-refractivity contribution in [3.05, 3.63) is 60.7 Å². The molecule has 0 unspecified atom stereocenters. The van der Waals surface area contributed by atoms with E-state index in [9.17, 15) is 4.79 Å². The second kappa shape index (κ2) is 8.67. The Balaban J connectivity index is 1.84. The number of thioether (sulfide) groups is 1. The van der Waals surface area contributed by atoms with Gasteiger partial charge in [-0.2, -0.15) is 0 Å². The minimum atomic E-state index is 0.327. The number of rotatable bonds is 8. The molecule has 0 bridgehead atoms. The third-order valence-corrected chi connectivity index (χ3v) is 4.82. The van der Waals surface area contributed by atoms with Crippen LogP contribution >= 0.6 is 11.8 Å². The van der Waals surface area contributed by atoms with Gasteiger partial charge in [0.25, 0.3) is 0 Å². The molecule has 1 aromatic heterocycles. The number of hydrogen-bond acceptors (Lipinski definition) is 3. The Morgan fingerprint density at radius 3 is 2.24 bits per heavy atom. The van der Waals surface area contributed by atoms with Crippen LogP contribution in [0, 0.1) is 0 Å². The summed E-state index contributed by atoms with van der Waals surface area (Å²) >= 11 is 1.61. The van der Waals surface area contributed by atoms with Crippen LogP contribution in [-0.2, 0) is 4.79 Å². The third-order valence-electron chi connectivity index (χ3n) is 3.94. The van der Waals surface area contributed by atoms with Crippen molar-refractivity contribution < 1.29 is 4.79 Å². The Bertz CT molecular complexity index is 755. The lowest BCUT2D eigenvalue weighted by Gasteiger charge is -2.02. The summed E-state index contributed by atoms with van der Waals surface area (Å²) < 4.78 is 0. The van der Waals surface area contributed by atoms with E-state index in [0.717, 1.165) is 39.8 Å². The number of carbonyl (C=O) groups excluding carboxylic acids is 1. The van der Waals surface area contributed by atoms with Crippen molar-refractivity contribution in [2.24, 2.45) is 0 Å². The first-order chi connectivity index (χ1) is 12.3. The number of aromatic amines is 1. The molecule has 0 fully saturated rings. The van der Waals surface area contributed by atoms with Gasteiger partial charge in [-0.1, -0.05) is 79.3 Å². The molecule has 0 saturated carbocycles. The van der Waals surface area contributed by atoms with Gasteiger partial charge in [0.1, 0.15) is 5.78 Å². The Hall–Kier alpha value is -2.33. The monoisotopic (exact) mass is 350 g/mol. The molecule has 25 heavy (non-hydrogen) atoms. The fourth-order valence-corrected chi connectivity index (χ4v) is 3.56. The van der Waals surface area contributed by atoms with Crippen molar-refractivity contribution in [1.82, 2.24) is 9.97 Å². The zero-order chi connectivity index (χ0) is 17.5. The van der Waals surface area contributed by atoms with Crippen molar-refractivity contribution >= 4 is 17.5 Å². The van der Waals surface area contributed by atoms with Gasteiger partial charge in [0.05, 0.1) is 11.4 Å². The summed E-state index contributed by atoms with van der Waals surface area (Å²) in [7, 11) is 0. The summed E-state index contributed by atoms with van der Waals surface area (Å²) in [4.78, 5) is 19.9. The molecule has 0 aliphatic heterocycles. The largest absolute Gasteiger partial charge is 0.332 e. The zero-order valence-corrected chi connectivity index (χ0v) is 15.2. The first kappa shape index (κ1) is 17.5. The van der Waals surface area contributed by atoms with E-state index in [4.69, 9.17) is 4.98 Å². The molecule has 1 heterocycles. The molecule has 3 rings (SSSR count). The Morgan fingerprint density at radius 2 is 1.60 bits per heavy atom. The van der Waals surface area contributed by atoms with Gasteiger partial charge < -0.3 is 4.98 Å². The molecule has 0 amide bonds. The second-order valence-corrected chi connectivity index (χ2v) is 6.97. The highest BCUT2D eigenvalue weighted by Gasteiger charge is 2.14. The van der Waals surface area contributed by atoms with Gasteiger partial charge in [-0.05, 0) is 6.42 Å². The number of H-pyrrole nitrogens is 1. The molecule has 3 aromatic rings. The van der Waals surface area contributed by atoms with Gasteiger partial charge in [0, 0.05) is 29.7 Å². The maximum Gasteiger partial charge on any atom is 0.166 e. The molecule has 0 aliphatic rings. The van der Waals surface area contributed by atoms with Gasteiger partial charge in [0.2, 0.25) is 0 Å². The van der Waals surface area contributed by atoms with E-state index in [0.29, 0.717) is 18.6 Å². The minimum Gasteiger partial charge on any atom is -0.332 e. The van der Waals surface area contributed by atoms with E-state index in [1.165, 1.54) is 0 Å². The summed E-state index contributed by atoms with van der Waals surface area (Å²) in [5.74, 6) is 1.09. The third kappa shape index (κ3) is 4.60. The van der Waals surface area contributed by atoms with Crippen molar-refractivity contribution in [3.63, 3.8) is 0 Å². The number of Topliss-reactive ketones (excluding diaryl/α,β-unsaturated/α-hetero) is 1. The van der Waals surface area contributed by atoms with Gasteiger partial charge in [-0.3, -0.25) is 4.79 Å². The van der Waals surface area contributed by atoms with Gasteiger partial charge in [-0.25, -0.2) is 4.98 Å². The number of hydrogen-bond donors (Lipinski definition) is 1. The molecule has 1 N–H and O–H groups in total. The maximum absolute atomic E-state index is 11.7. The zero-order valence-electron chi connectivity index (χ0n) is 14.4. The highest BCUT2D eigenvalue weighted by Crippen LogP contribution is 2.32. The van der Waals surface area contributed by atoms with E-state index in [2.05, 4.69) is 29.2 Å². The Kier molecular flexibility index (Phi) is 6.07. The lowest BCUT2D eigenvalue weighted by atomic mass is 10.1. The number of benzene rings is 2. The fraction of sp³-hybridized carbons (Fsp3) is 0.238. The van der Waals surface area contributed by atoms with Gasteiger partial charge >= 0.3 is 0 Å². The summed E-state index contributed by atoms with van der Waals surface area (Å²) in [5.41, 5.74) is 4.18. The predicted molar refractivity (Wildman–Crippen MR) is 105 cm³/mol. The summed E-state index contributed by atoms with van der Waals surface area (Å²) in [5, 5.41) is 0.863. The highest BCUT2D eigenvalue weighted by atomic mass is 32.2. The van der Waals surface area contributed by atoms with Crippen LogP contribution in [0.2, 0.25) is 0 Å². The van der Waals surface area contributed by atoms with E-state index in [-0.39, 0.29) is 0 Å². The van der Waals surface area contributed by atoms with Crippen LogP contribution in [0.25, 0.3) is 22.5 Å². The highest BCUT2D eigenvalue weighted by molar-refractivity contribution is 7.99. The number of carbonyl (C=O) groups is 1. The number of aromatic nitrogens is 2. The van der Waals surface area contributed by atoms with E-state index < -0.39 is 0 Å². The van der Waals surface area contributed by atoms with Crippen molar-refractivity contribution in [3.8, 4) is 22.5 Å². The topological polar surface area (TPSA) is 45.8 Å². The number of imidazole rings is 1. The summed E-state index contributed by atoms with van der Waals surface area (Å²) in [6, 6.07) is 20.4. The van der Waals surface area contributed by atoms with Crippen LogP contribution < -0.4 is 0 Å². The molecular weight excluding hydrogens is 328 g/mol. The lowest BCUT2D eigenvalue weighted by Crippen LogP contribution is -1.98. The van der Waals surface area contributed by atoms with Crippen molar-refractivity contribution in [1.29, 1.82) is 0 Å². The van der Waals surface area contributed by atoms with Crippen molar-refractivity contribution in [2.45, 2.75) is 31.3 Å². The summed E-state index contributed by atoms with van der Waals surface area (Å²) in [6.07, 6.45) is 2.18. The lowest BCUT2D eigenvalue weighted by molar-refractivity contribution is -0.118. The molecule has 0 atom stereocenters. The molecular formula is C21H22N2OS. The second-order valence-electron chi connectivity index (χ2n) is 5.88.